The van der Waals surface area contributed by atoms with Gasteiger partial charge in [0.05, 0.1) is 5.02 Å². The van der Waals surface area contributed by atoms with Crippen molar-refractivity contribution in [1.29, 1.82) is 0 Å². The van der Waals surface area contributed by atoms with Gasteiger partial charge in [-0.2, -0.15) is 0 Å². The SMILES string of the molecule is O=C(CCC1CCN(Cc2cccc3c2OCO3)CC1)Nc1ccc(F)c(Cl)c1. The fourth-order valence-corrected chi connectivity index (χ4v) is 4.10. The summed E-state index contributed by atoms with van der Waals surface area (Å²) in [4.78, 5) is 14.6. The van der Waals surface area contributed by atoms with Crippen molar-refractivity contribution >= 4 is 23.2 Å². The number of para-hydroxylation sites is 1. The molecule has 2 aliphatic rings. The molecule has 154 valence electrons. The average Bonchev–Trinajstić information content (AvgIpc) is 3.20. The Kier molecular flexibility index (Phi) is 6.21. The number of likely N-dealkylation sites (tertiary alicyclic amines) is 1. The molecule has 0 unspecified atom stereocenters. The van der Waals surface area contributed by atoms with Crippen LogP contribution in [-0.2, 0) is 11.3 Å². The number of piperidine rings is 1. The van der Waals surface area contributed by atoms with Crippen molar-refractivity contribution in [2.24, 2.45) is 5.92 Å². The van der Waals surface area contributed by atoms with Crippen LogP contribution in [0.4, 0.5) is 10.1 Å². The van der Waals surface area contributed by atoms with Crippen LogP contribution in [0.3, 0.4) is 0 Å². The number of benzene rings is 2. The number of rotatable bonds is 6. The summed E-state index contributed by atoms with van der Waals surface area (Å²) in [7, 11) is 0. The number of carbonyl (C=O) groups is 1. The Morgan fingerprint density at radius 3 is 2.83 bits per heavy atom. The zero-order valence-corrected chi connectivity index (χ0v) is 16.9. The number of nitrogens with zero attached hydrogens (tertiary/aromatic N) is 1. The molecule has 0 radical (unpaired) electrons. The quantitative estimate of drug-likeness (QED) is 0.729. The summed E-state index contributed by atoms with van der Waals surface area (Å²) in [6.07, 6.45) is 3.45. The van der Waals surface area contributed by atoms with Gasteiger partial charge in [-0.15, -0.1) is 0 Å². The van der Waals surface area contributed by atoms with Crippen LogP contribution in [0.25, 0.3) is 0 Å². The maximum atomic E-state index is 13.2. The monoisotopic (exact) mass is 418 g/mol. The number of hydrogen-bond acceptors (Lipinski definition) is 4. The summed E-state index contributed by atoms with van der Waals surface area (Å²) in [6.45, 7) is 3.15. The van der Waals surface area contributed by atoms with Crippen LogP contribution in [0.5, 0.6) is 11.5 Å². The van der Waals surface area contributed by atoms with E-state index in [1.165, 1.54) is 18.2 Å². The molecule has 2 heterocycles. The van der Waals surface area contributed by atoms with Gasteiger partial charge in [-0.25, -0.2) is 4.39 Å². The molecule has 0 saturated carbocycles. The first-order chi connectivity index (χ1) is 14.1. The summed E-state index contributed by atoms with van der Waals surface area (Å²) >= 11 is 5.75. The second-order valence-corrected chi connectivity index (χ2v) is 7.99. The highest BCUT2D eigenvalue weighted by Crippen LogP contribution is 2.36. The second kappa shape index (κ2) is 9.01. The zero-order chi connectivity index (χ0) is 20.2. The molecular weight excluding hydrogens is 395 g/mol. The Labute approximate surface area is 174 Å². The Bertz CT molecular complexity index is 884. The third-order valence-electron chi connectivity index (χ3n) is 5.56. The Hall–Kier alpha value is -2.31. The Morgan fingerprint density at radius 1 is 1.21 bits per heavy atom. The smallest absolute Gasteiger partial charge is 0.231 e. The summed E-state index contributed by atoms with van der Waals surface area (Å²) in [6, 6.07) is 10.2. The molecule has 0 aliphatic carbocycles. The van der Waals surface area contributed by atoms with E-state index in [1.807, 2.05) is 12.1 Å². The van der Waals surface area contributed by atoms with Crippen molar-refractivity contribution in [3.05, 3.63) is 52.8 Å². The average molecular weight is 419 g/mol. The summed E-state index contributed by atoms with van der Waals surface area (Å²) in [5.41, 5.74) is 1.69. The number of amides is 1. The minimum atomic E-state index is -0.490. The lowest BCUT2D eigenvalue weighted by Crippen LogP contribution is -2.33. The molecule has 4 rings (SSSR count). The van der Waals surface area contributed by atoms with Gasteiger partial charge in [0, 0.05) is 24.2 Å². The van der Waals surface area contributed by atoms with E-state index in [-0.39, 0.29) is 10.9 Å². The second-order valence-electron chi connectivity index (χ2n) is 7.59. The fourth-order valence-electron chi connectivity index (χ4n) is 3.92. The van der Waals surface area contributed by atoms with Crippen molar-refractivity contribution < 1.29 is 18.7 Å². The van der Waals surface area contributed by atoms with E-state index < -0.39 is 5.82 Å². The number of nitrogens with one attached hydrogen (secondary N) is 1. The molecule has 0 bridgehead atoms. The predicted octanol–water partition coefficient (Wildman–Crippen LogP) is 4.84. The molecule has 1 amide bonds. The lowest BCUT2D eigenvalue weighted by molar-refractivity contribution is -0.116. The Morgan fingerprint density at radius 2 is 2.03 bits per heavy atom. The molecule has 7 heteroatoms. The zero-order valence-electron chi connectivity index (χ0n) is 16.1. The number of anilines is 1. The highest BCUT2D eigenvalue weighted by molar-refractivity contribution is 6.31. The van der Waals surface area contributed by atoms with Gasteiger partial charge >= 0.3 is 0 Å². The number of fused-ring (bicyclic) bond motifs is 1. The minimum absolute atomic E-state index is 0.0104. The first kappa shape index (κ1) is 20.0. The molecule has 1 N–H and O–H groups in total. The van der Waals surface area contributed by atoms with Gasteiger partial charge < -0.3 is 14.8 Å². The highest BCUT2D eigenvalue weighted by Gasteiger charge is 2.23. The van der Waals surface area contributed by atoms with Crippen LogP contribution in [-0.4, -0.2) is 30.7 Å². The van der Waals surface area contributed by atoms with E-state index in [0.717, 1.165) is 56.0 Å². The van der Waals surface area contributed by atoms with E-state index in [4.69, 9.17) is 21.1 Å². The maximum absolute atomic E-state index is 13.2. The van der Waals surface area contributed by atoms with Crippen LogP contribution in [0.1, 0.15) is 31.2 Å². The van der Waals surface area contributed by atoms with Gasteiger partial charge in [0.15, 0.2) is 11.5 Å². The Balaban J connectivity index is 1.20. The molecule has 0 spiro atoms. The third kappa shape index (κ3) is 5.00. The van der Waals surface area contributed by atoms with Gasteiger partial charge in [-0.3, -0.25) is 9.69 Å². The van der Waals surface area contributed by atoms with Crippen molar-refractivity contribution in [2.75, 3.05) is 25.2 Å². The van der Waals surface area contributed by atoms with Crippen molar-refractivity contribution in [1.82, 2.24) is 4.90 Å². The van der Waals surface area contributed by atoms with Crippen LogP contribution in [0, 0.1) is 11.7 Å². The van der Waals surface area contributed by atoms with Gasteiger partial charge in [-0.05, 0) is 62.5 Å². The van der Waals surface area contributed by atoms with Gasteiger partial charge in [0.2, 0.25) is 12.7 Å². The minimum Gasteiger partial charge on any atom is -0.454 e. The van der Waals surface area contributed by atoms with E-state index in [0.29, 0.717) is 24.8 Å². The largest absolute Gasteiger partial charge is 0.454 e. The first-order valence-electron chi connectivity index (χ1n) is 9.93. The molecule has 1 saturated heterocycles. The lowest BCUT2D eigenvalue weighted by atomic mass is 9.91. The molecule has 1 fully saturated rings. The van der Waals surface area contributed by atoms with Crippen molar-refractivity contribution in [3.63, 3.8) is 0 Å². The number of halogens is 2. The van der Waals surface area contributed by atoms with Gasteiger partial charge in [0.25, 0.3) is 0 Å². The summed E-state index contributed by atoms with van der Waals surface area (Å²) < 4.78 is 24.2. The van der Waals surface area contributed by atoms with Gasteiger partial charge in [0.1, 0.15) is 5.82 Å². The predicted molar refractivity (Wildman–Crippen MR) is 110 cm³/mol. The normalized spacial score (nSPS) is 16.8. The molecule has 29 heavy (non-hydrogen) atoms. The van der Waals surface area contributed by atoms with Crippen LogP contribution >= 0.6 is 11.6 Å². The highest BCUT2D eigenvalue weighted by atomic mass is 35.5. The van der Waals surface area contributed by atoms with Gasteiger partial charge in [-0.1, -0.05) is 23.7 Å². The number of carbonyl (C=O) groups excluding carboxylic acids is 1. The van der Waals surface area contributed by atoms with E-state index in [2.05, 4.69) is 16.3 Å². The fraction of sp³-hybridized carbons (Fsp3) is 0.409. The third-order valence-corrected chi connectivity index (χ3v) is 5.85. The summed E-state index contributed by atoms with van der Waals surface area (Å²) in [5.74, 6) is 1.68. The van der Waals surface area contributed by atoms with E-state index >= 15 is 0 Å². The molecule has 2 aromatic rings. The summed E-state index contributed by atoms with van der Waals surface area (Å²) in [5, 5.41) is 2.80. The van der Waals surface area contributed by atoms with E-state index in [1.54, 1.807) is 0 Å². The van der Waals surface area contributed by atoms with Crippen molar-refractivity contribution in [2.45, 2.75) is 32.2 Å². The van der Waals surface area contributed by atoms with Crippen LogP contribution in [0.2, 0.25) is 5.02 Å². The number of ether oxygens (including phenoxy) is 2. The van der Waals surface area contributed by atoms with E-state index in [9.17, 15) is 9.18 Å². The van der Waals surface area contributed by atoms with Crippen molar-refractivity contribution in [3.8, 4) is 11.5 Å². The molecule has 5 nitrogen and oxygen atoms in total. The lowest BCUT2D eigenvalue weighted by Gasteiger charge is -2.32. The molecular formula is C22H24ClFN2O3. The van der Waals surface area contributed by atoms with Crippen LogP contribution < -0.4 is 14.8 Å². The first-order valence-corrected chi connectivity index (χ1v) is 10.3. The molecule has 2 aliphatic heterocycles. The number of hydrogen-bond donors (Lipinski definition) is 1. The topological polar surface area (TPSA) is 50.8 Å². The standard InChI is InChI=1S/C22H24ClFN2O3/c23-18-12-17(5-6-19(18)24)25-21(27)7-4-15-8-10-26(11-9-15)13-16-2-1-3-20-22(16)29-14-28-20/h1-3,5-6,12,15H,4,7-11,13-14H2,(H,25,27). The molecule has 2 aromatic carbocycles. The maximum Gasteiger partial charge on any atom is 0.231 e. The molecule has 0 aromatic heterocycles. The molecule has 0 atom stereocenters. The van der Waals surface area contributed by atoms with Crippen LogP contribution in [0.15, 0.2) is 36.4 Å².